The van der Waals surface area contributed by atoms with E-state index in [1.54, 1.807) is 33.9 Å². The summed E-state index contributed by atoms with van der Waals surface area (Å²) in [6.45, 7) is 1.52. The monoisotopic (exact) mass is 352 g/mol. The van der Waals surface area contributed by atoms with Crippen LogP contribution in [0.15, 0.2) is 24.5 Å². The molecule has 0 N–H and O–H groups in total. The van der Waals surface area contributed by atoms with Crippen LogP contribution in [0.5, 0.6) is 0 Å². The Hall–Kier alpha value is -2.19. The van der Waals surface area contributed by atoms with Gasteiger partial charge in [-0.3, -0.25) is 9.59 Å². The number of nitrogens with zero attached hydrogens (tertiary/aromatic N) is 4. The summed E-state index contributed by atoms with van der Waals surface area (Å²) < 4.78 is 11.9. The molecule has 0 spiro atoms. The van der Waals surface area contributed by atoms with Gasteiger partial charge in [0.2, 0.25) is 0 Å². The number of carbonyl (C=O) groups is 2. The van der Waals surface area contributed by atoms with Gasteiger partial charge in [0.05, 0.1) is 20.3 Å². The molecule has 0 aromatic carbocycles. The van der Waals surface area contributed by atoms with Crippen LogP contribution in [0.2, 0.25) is 0 Å². The quantitative estimate of drug-likeness (QED) is 0.728. The van der Waals surface area contributed by atoms with E-state index in [0.29, 0.717) is 37.6 Å². The number of fused-ring (bicyclic) bond motifs is 2. The van der Waals surface area contributed by atoms with Crippen LogP contribution >= 0.6 is 12.4 Å². The predicted molar refractivity (Wildman–Crippen MR) is 84.9 cm³/mol. The van der Waals surface area contributed by atoms with E-state index in [2.05, 4.69) is 10.1 Å². The van der Waals surface area contributed by atoms with Crippen molar-refractivity contribution in [3.8, 4) is 0 Å². The van der Waals surface area contributed by atoms with Crippen molar-refractivity contribution in [2.45, 2.75) is 0 Å². The van der Waals surface area contributed by atoms with Gasteiger partial charge in [0, 0.05) is 37.5 Å². The minimum absolute atomic E-state index is 0. The van der Waals surface area contributed by atoms with Gasteiger partial charge in [-0.1, -0.05) is 0 Å². The highest BCUT2D eigenvalue weighted by Crippen LogP contribution is 2.42. The molecule has 1 amide bonds. The van der Waals surface area contributed by atoms with Gasteiger partial charge in [0.1, 0.15) is 5.41 Å². The van der Waals surface area contributed by atoms with Crippen molar-refractivity contribution in [1.29, 1.82) is 0 Å². The highest BCUT2D eigenvalue weighted by atomic mass is 35.5. The van der Waals surface area contributed by atoms with Gasteiger partial charge in [-0.2, -0.15) is 5.10 Å². The Morgan fingerprint density at radius 1 is 1.46 bits per heavy atom. The van der Waals surface area contributed by atoms with Crippen molar-refractivity contribution >= 4 is 29.9 Å². The van der Waals surface area contributed by atoms with Crippen molar-refractivity contribution in [2.24, 2.45) is 11.3 Å². The maximum atomic E-state index is 12.7. The molecular weight excluding hydrogens is 336 g/mol. The molecule has 2 saturated heterocycles. The molecule has 0 aliphatic carbocycles. The van der Waals surface area contributed by atoms with E-state index in [9.17, 15) is 9.59 Å². The second-order valence-corrected chi connectivity index (χ2v) is 6.00. The molecule has 0 bridgehead atoms. The summed E-state index contributed by atoms with van der Waals surface area (Å²) in [6.07, 6.45) is 3.39. The molecule has 2 aliphatic rings. The predicted octanol–water partition coefficient (Wildman–Crippen LogP) is 0.413. The van der Waals surface area contributed by atoms with Gasteiger partial charge in [-0.25, -0.2) is 9.50 Å². The van der Waals surface area contributed by atoms with Crippen LogP contribution in [0.4, 0.5) is 0 Å². The molecule has 0 unspecified atom stereocenters. The largest absolute Gasteiger partial charge is 0.468 e. The Labute approximate surface area is 144 Å². The van der Waals surface area contributed by atoms with E-state index in [1.807, 2.05) is 0 Å². The van der Waals surface area contributed by atoms with E-state index < -0.39 is 5.41 Å². The summed E-state index contributed by atoms with van der Waals surface area (Å²) in [5.41, 5.74) is 0.188. The maximum Gasteiger partial charge on any atom is 0.316 e. The van der Waals surface area contributed by atoms with E-state index in [0.717, 1.165) is 0 Å². The molecule has 128 valence electrons. The number of ether oxygens (including phenoxy) is 2. The summed E-state index contributed by atoms with van der Waals surface area (Å²) >= 11 is 0. The Kier molecular flexibility index (Phi) is 4.18. The van der Waals surface area contributed by atoms with Crippen LogP contribution in [0, 0.1) is 11.3 Å². The fourth-order valence-electron chi connectivity index (χ4n) is 3.48. The maximum absolute atomic E-state index is 12.7. The van der Waals surface area contributed by atoms with Crippen LogP contribution < -0.4 is 0 Å². The number of aromatic nitrogens is 3. The van der Waals surface area contributed by atoms with Gasteiger partial charge in [-0.05, 0) is 6.07 Å². The number of carbonyl (C=O) groups excluding carboxylic acids is 2. The zero-order valence-electron chi connectivity index (χ0n) is 13.0. The molecule has 4 heterocycles. The van der Waals surface area contributed by atoms with Crippen molar-refractivity contribution in [3.63, 3.8) is 0 Å². The molecule has 24 heavy (non-hydrogen) atoms. The highest BCUT2D eigenvalue weighted by molar-refractivity contribution is 5.94. The summed E-state index contributed by atoms with van der Waals surface area (Å²) in [7, 11) is 1.37. The van der Waals surface area contributed by atoms with Gasteiger partial charge < -0.3 is 14.4 Å². The Morgan fingerprint density at radius 2 is 2.29 bits per heavy atom. The zero-order valence-corrected chi connectivity index (χ0v) is 13.9. The summed E-state index contributed by atoms with van der Waals surface area (Å²) in [4.78, 5) is 30.7. The van der Waals surface area contributed by atoms with Crippen LogP contribution in [0.1, 0.15) is 10.5 Å². The topological polar surface area (TPSA) is 86.0 Å². The van der Waals surface area contributed by atoms with Crippen LogP contribution in [-0.2, 0) is 14.3 Å². The molecule has 2 atom stereocenters. The lowest BCUT2D eigenvalue weighted by Crippen LogP contribution is -2.41. The van der Waals surface area contributed by atoms with Crippen molar-refractivity contribution in [3.05, 3.63) is 30.2 Å². The van der Waals surface area contributed by atoms with Gasteiger partial charge >= 0.3 is 5.97 Å². The molecule has 9 heteroatoms. The highest BCUT2D eigenvalue weighted by Gasteiger charge is 2.57. The standard InChI is InChI=1S/C15H16N4O4.ClH/c1-22-14(21)15-8-18(6-10(15)7-23-9-15)13(20)11-5-12-16-3-2-4-19(12)17-11;/h2-5,10H,6-9H2,1H3;1H/t10-,15-;/m0./s1. The number of hydrogen-bond acceptors (Lipinski definition) is 6. The average molecular weight is 353 g/mol. The number of likely N-dealkylation sites (tertiary alicyclic amines) is 1. The summed E-state index contributed by atoms with van der Waals surface area (Å²) in [5.74, 6) is -0.547. The van der Waals surface area contributed by atoms with Gasteiger partial charge in [-0.15, -0.1) is 12.4 Å². The number of amides is 1. The lowest BCUT2D eigenvalue weighted by Gasteiger charge is -2.23. The molecule has 2 fully saturated rings. The molecule has 2 aromatic heterocycles. The first-order valence-electron chi connectivity index (χ1n) is 7.40. The molecule has 4 rings (SSSR count). The fourth-order valence-corrected chi connectivity index (χ4v) is 3.48. The number of esters is 1. The van der Waals surface area contributed by atoms with Crippen molar-refractivity contribution in [1.82, 2.24) is 19.5 Å². The van der Waals surface area contributed by atoms with Crippen molar-refractivity contribution < 1.29 is 19.1 Å². The lowest BCUT2D eigenvalue weighted by molar-refractivity contribution is -0.153. The molecule has 0 radical (unpaired) electrons. The first-order valence-corrected chi connectivity index (χ1v) is 7.40. The molecule has 2 aromatic rings. The molecule has 8 nitrogen and oxygen atoms in total. The normalized spacial score (nSPS) is 25.4. The molecule has 2 aliphatic heterocycles. The third kappa shape index (κ3) is 2.33. The number of hydrogen-bond donors (Lipinski definition) is 0. The number of rotatable bonds is 2. The number of halogens is 1. The van der Waals surface area contributed by atoms with Crippen LogP contribution in [0.3, 0.4) is 0 Å². The minimum Gasteiger partial charge on any atom is -0.468 e. The third-order valence-corrected chi connectivity index (χ3v) is 4.71. The second-order valence-electron chi connectivity index (χ2n) is 6.00. The smallest absolute Gasteiger partial charge is 0.316 e. The fraction of sp³-hybridized carbons (Fsp3) is 0.467. The lowest BCUT2D eigenvalue weighted by atomic mass is 9.81. The Morgan fingerprint density at radius 3 is 3.04 bits per heavy atom. The van der Waals surface area contributed by atoms with Crippen molar-refractivity contribution in [2.75, 3.05) is 33.4 Å². The minimum atomic E-state index is -0.748. The van der Waals surface area contributed by atoms with E-state index in [4.69, 9.17) is 9.47 Å². The van der Waals surface area contributed by atoms with E-state index in [-0.39, 0.29) is 30.2 Å². The van der Waals surface area contributed by atoms with Crippen LogP contribution in [0.25, 0.3) is 5.65 Å². The number of methoxy groups -OCH3 is 1. The van der Waals surface area contributed by atoms with Crippen LogP contribution in [-0.4, -0.2) is 64.8 Å². The zero-order chi connectivity index (χ0) is 16.0. The summed E-state index contributed by atoms with van der Waals surface area (Å²) in [5, 5.41) is 4.25. The average Bonchev–Trinajstić information content (AvgIpc) is 3.24. The second kappa shape index (κ2) is 6.03. The first-order chi connectivity index (χ1) is 11.1. The Balaban J connectivity index is 0.00000169. The van der Waals surface area contributed by atoms with Gasteiger partial charge in [0.15, 0.2) is 11.3 Å². The first kappa shape index (κ1) is 16.7. The SMILES string of the molecule is COC(=O)[C@@]12COC[C@@H]1CN(C(=O)c1cc3ncccn3n1)C2.Cl. The Bertz CT molecular complexity index is 762. The third-order valence-electron chi connectivity index (χ3n) is 4.71. The van der Waals surface area contributed by atoms with E-state index >= 15 is 0 Å². The molecule has 0 saturated carbocycles. The summed E-state index contributed by atoms with van der Waals surface area (Å²) in [6, 6.07) is 3.40. The molecular formula is C15H17ClN4O4. The van der Waals surface area contributed by atoms with Gasteiger partial charge in [0.25, 0.3) is 5.91 Å². The van der Waals surface area contributed by atoms with E-state index in [1.165, 1.54) is 7.11 Å².